The molecule has 6 heteroatoms. The minimum atomic E-state index is -0.482. The third kappa shape index (κ3) is 5.74. The number of halogens is 2. The molecule has 2 aromatic carbocycles. The van der Waals surface area contributed by atoms with Crippen molar-refractivity contribution in [2.75, 3.05) is 26.8 Å². The van der Waals surface area contributed by atoms with Gasteiger partial charge in [-0.05, 0) is 42.8 Å². The lowest BCUT2D eigenvalue weighted by molar-refractivity contribution is -0.132. The van der Waals surface area contributed by atoms with E-state index in [1.165, 1.54) is 17.0 Å². The number of hydrogen-bond donors (Lipinski definition) is 0. The first-order chi connectivity index (χ1) is 11.6. The van der Waals surface area contributed by atoms with E-state index in [2.05, 4.69) is 0 Å². The first-order valence-corrected chi connectivity index (χ1v) is 7.93. The lowest BCUT2D eigenvalue weighted by atomic mass is 10.3. The summed E-state index contributed by atoms with van der Waals surface area (Å²) in [5.74, 6) is 0.107. The number of hydrogen-bond acceptors (Lipinski definition) is 3. The van der Waals surface area contributed by atoms with Crippen LogP contribution in [0.25, 0.3) is 0 Å². The Morgan fingerprint density at radius 1 is 1.12 bits per heavy atom. The SMILES string of the molecule is CN(CCCOc1ccc(Cl)cc1)C(=O)COc1ccccc1F. The highest BCUT2D eigenvalue weighted by Crippen LogP contribution is 2.16. The number of amides is 1. The molecule has 0 atom stereocenters. The van der Waals surface area contributed by atoms with Gasteiger partial charge in [0, 0.05) is 18.6 Å². The third-order valence-electron chi connectivity index (χ3n) is 3.33. The summed E-state index contributed by atoms with van der Waals surface area (Å²) in [7, 11) is 1.68. The van der Waals surface area contributed by atoms with Crippen LogP contribution in [0.2, 0.25) is 5.02 Å². The monoisotopic (exact) mass is 351 g/mol. The molecule has 1 amide bonds. The molecule has 0 aromatic heterocycles. The van der Waals surface area contributed by atoms with Crippen molar-refractivity contribution in [3.05, 3.63) is 59.4 Å². The van der Waals surface area contributed by atoms with Gasteiger partial charge in [-0.2, -0.15) is 0 Å². The molecule has 4 nitrogen and oxygen atoms in total. The van der Waals surface area contributed by atoms with Crippen molar-refractivity contribution in [1.82, 2.24) is 4.90 Å². The molecule has 0 spiro atoms. The van der Waals surface area contributed by atoms with Crippen molar-refractivity contribution >= 4 is 17.5 Å². The second-order valence-corrected chi connectivity index (χ2v) is 5.63. The van der Waals surface area contributed by atoms with Crippen molar-refractivity contribution in [3.8, 4) is 11.5 Å². The van der Waals surface area contributed by atoms with Crippen LogP contribution >= 0.6 is 11.6 Å². The Balaban J connectivity index is 1.66. The number of rotatable bonds is 8. The fraction of sp³-hybridized carbons (Fsp3) is 0.278. The van der Waals surface area contributed by atoms with Gasteiger partial charge in [0.2, 0.25) is 0 Å². The molecule has 0 aliphatic heterocycles. The molecule has 0 aliphatic carbocycles. The average Bonchev–Trinajstić information content (AvgIpc) is 2.59. The number of likely N-dealkylation sites (N-methyl/N-ethyl adjacent to an activating group) is 1. The topological polar surface area (TPSA) is 38.8 Å². The van der Waals surface area contributed by atoms with Crippen LogP contribution < -0.4 is 9.47 Å². The van der Waals surface area contributed by atoms with Gasteiger partial charge in [0.25, 0.3) is 5.91 Å². The van der Waals surface area contributed by atoms with Gasteiger partial charge in [0.1, 0.15) is 5.75 Å². The van der Waals surface area contributed by atoms with Crippen LogP contribution in [-0.2, 0) is 4.79 Å². The normalized spacial score (nSPS) is 10.3. The van der Waals surface area contributed by atoms with E-state index in [0.29, 0.717) is 24.6 Å². The highest BCUT2D eigenvalue weighted by Gasteiger charge is 2.11. The smallest absolute Gasteiger partial charge is 0.260 e. The molecule has 0 radical (unpaired) electrons. The van der Waals surface area contributed by atoms with Crippen LogP contribution in [0.3, 0.4) is 0 Å². The number of benzene rings is 2. The van der Waals surface area contributed by atoms with Gasteiger partial charge in [-0.1, -0.05) is 23.7 Å². The lowest BCUT2D eigenvalue weighted by Crippen LogP contribution is -2.32. The van der Waals surface area contributed by atoms with E-state index in [-0.39, 0.29) is 18.3 Å². The predicted octanol–water partition coefficient (Wildman–Crippen LogP) is 3.79. The molecule has 0 bridgehead atoms. The van der Waals surface area contributed by atoms with E-state index >= 15 is 0 Å². The molecule has 0 N–H and O–H groups in total. The average molecular weight is 352 g/mol. The maximum Gasteiger partial charge on any atom is 0.260 e. The summed E-state index contributed by atoms with van der Waals surface area (Å²) in [5.41, 5.74) is 0. The van der Waals surface area contributed by atoms with Gasteiger partial charge in [-0.15, -0.1) is 0 Å². The van der Waals surface area contributed by atoms with Crippen LogP contribution in [-0.4, -0.2) is 37.6 Å². The van der Waals surface area contributed by atoms with E-state index < -0.39 is 5.82 Å². The Morgan fingerprint density at radius 3 is 2.54 bits per heavy atom. The fourth-order valence-corrected chi connectivity index (χ4v) is 2.08. The molecular formula is C18H19ClFNO3. The first-order valence-electron chi connectivity index (χ1n) is 7.56. The van der Waals surface area contributed by atoms with Crippen LogP contribution in [0, 0.1) is 5.82 Å². The minimum Gasteiger partial charge on any atom is -0.494 e. The Labute approximate surface area is 145 Å². The first kappa shape index (κ1) is 18.1. The van der Waals surface area contributed by atoms with Gasteiger partial charge in [-0.3, -0.25) is 4.79 Å². The predicted molar refractivity (Wildman–Crippen MR) is 91.1 cm³/mol. The zero-order chi connectivity index (χ0) is 17.4. The Bertz CT molecular complexity index is 664. The van der Waals surface area contributed by atoms with Crippen molar-refractivity contribution in [3.63, 3.8) is 0 Å². The summed E-state index contributed by atoms with van der Waals surface area (Å²) in [6.07, 6.45) is 0.671. The van der Waals surface area contributed by atoms with E-state index in [0.717, 1.165) is 5.75 Å². The summed E-state index contributed by atoms with van der Waals surface area (Å²) in [6, 6.07) is 13.1. The van der Waals surface area contributed by atoms with Gasteiger partial charge in [0.15, 0.2) is 18.2 Å². The van der Waals surface area contributed by atoms with Gasteiger partial charge < -0.3 is 14.4 Å². The van der Waals surface area contributed by atoms with E-state index in [9.17, 15) is 9.18 Å². The molecule has 0 saturated carbocycles. The number of carbonyl (C=O) groups is 1. The van der Waals surface area contributed by atoms with Crippen molar-refractivity contribution < 1.29 is 18.7 Å². The Morgan fingerprint density at radius 2 is 1.83 bits per heavy atom. The number of carbonyl (C=O) groups excluding carboxylic acids is 1. The molecule has 0 aliphatic rings. The summed E-state index contributed by atoms with van der Waals surface area (Å²) in [5, 5.41) is 0.655. The number of ether oxygens (including phenoxy) is 2. The van der Waals surface area contributed by atoms with Gasteiger partial charge in [0.05, 0.1) is 6.61 Å². The molecular weight excluding hydrogens is 333 g/mol. The molecule has 0 heterocycles. The Kier molecular flexibility index (Phi) is 6.88. The Hall–Kier alpha value is -2.27. The standard InChI is InChI=1S/C18H19ClFNO3/c1-21(11-4-12-23-15-9-7-14(19)8-10-15)18(22)13-24-17-6-3-2-5-16(17)20/h2-3,5-10H,4,11-13H2,1H3. The van der Waals surface area contributed by atoms with E-state index in [1.54, 1.807) is 43.4 Å². The zero-order valence-corrected chi connectivity index (χ0v) is 14.1. The number of para-hydroxylation sites is 1. The maximum atomic E-state index is 13.4. The van der Waals surface area contributed by atoms with E-state index in [4.69, 9.17) is 21.1 Å². The molecule has 0 saturated heterocycles. The van der Waals surface area contributed by atoms with Crippen molar-refractivity contribution in [2.45, 2.75) is 6.42 Å². The lowest BCUT2D eigenvalue weighted by Gasteiger charge is -2.17. The fourth-order valence-electron chi connectivity index (χ4n) is 1.96. The highest BCUT2D eigenvalue weighted by atomic mass is 35.5. The van der Waals surface area contributed by atoms with Crippen LogP contribution in [0.4, 0.5) is 4.39 Å². The minimum absolute atomic E-state index is 0.0744. The second-order valence-electron chi connectivity index (χ2n) is 5.19. The quantitative estimate of drug-likeness (QED) is 0.679. The summed E-state index contributed by atoms with van der Waals surface area (Å²) in [4.78, 5) is 13.5. The van der Waals surface area contributed by atoms with Gasteiger partial charge in [-0.25, -0.2) is 4.39 Å². The molecule has 2 aromatic rings. The van der Waals surface area contributed by atoms with Gasteiger partial charge >= 0.3 is 0 Å². The molecule has 24 heavy (non-hydrogen) atoms. The largest absolute Gasteiger partial charge is 0.494 e. The molecule has 128 valence electrons. The third-order valence-corrected chi connectivity index (χ3v) is 3.59. The molecule has 0 unspecified atom stereocenters. The summed E-state index contributed by atoms with van der Waals surface area (Å²) >= 11 is 5.80. The zero-order valence-electron chi connectivity index (χ0n) is 13.4. The summed E-state index contributed by atoms with van der Waals surface area (Å²) in [6.45, 7) is 0.802. The molecule has 2 rings (SSSR count). The van der Waals surface area contributed by atoms with E-state index in [1.807, 2.05) is 0 Å². The second kappa shape index (κ2) is 9.13. The highest BCUT2D eigenvalue weighted by molar-refractivity contribution is 6.30. The van der Waals surface area contributed by atoms with Crippen LogP contribution in [0.1, 0.15) is 6.42 Å². The van der Waals surface area contributed by atoms with Crippen LogP contribution in [0.15, 0.2) is 48.5 Å². The summed E-state index contributed by atoms with van der Waals surface area (Å²) < 4.78 is 24.2. The maximum absolute atomic E-state index is 13.4. The van der Waals surface area contributed by atoms with Crippen LogP contribution in [0.5, 0.6) is 11.5 Å². The molecule has 0 fully saturated rings. The van der Waals surface area contributed by atoms with Crippen molar-refractivity contribution in [1.29, 1.82) is 0 Å². The van der Waals surface area contributed by atoms with Crippen molar-refractivity contribution in [2.24, 2.45) is 0 Å². The number of nitrogens with zero attached hydrogens (tertiary/aromatic N) is 1.